The molecule has 0 N–H and O–H groups in total. The van der Waals surface area contributed by atoms with Crippen molar-refractivity contribution in [3.8, 4) is 17.0 Å². The van der Waals surface area contributed by atoms with Gasteiger partial charge in [0.25, 0.3) is 0 Å². The molecule has 0 spiro atoms. The second-order valence-electron chi connectivity index (χ2n) is 7.88. The first-order chi connectivity index (χ1) is 13.7. The molecule has 5 rings (SSSR count). The van der Waals surface area contributed by atoms with Gasteiger partial charge in [-0.15, -0.1) is 10.2 Å². The van der Waals surface area contributed by atoms with Crippen LogP contribution >= 0.6 is 0 Å². The highest BCUT2D eigenvalue weighted by atomic mass is 16.5. The summed E-state index contributed by atoms with van der Waals surface area (Å²) in [6.07, 6.45) is 5.69. The molecule has 0 bridgehead atoms. The van der Waals surface area contributed by atoms with Crippen LogP contribution in [0.2, 0.25) is 0 Å². The Hall–Kier alpha value is -2.67. The highest BCUT2D eigenvalue weighted by Gasteiger charge is 2.36. The van der Waals surface area contributed by atoms with Crippen molar-refractivity contribution < 1.29 is 4.74 Å². The second kappa shape index (κ2) is 7.05. The van der Waals surface area contributed by atoms with E-state index in [0.29, 0.717) is 12.1 Å². The molecule has 4 heterocycles. The Morgan fingerprint density at radius 3 is 2.68 bits per heavy atom. The van der Waals surface area contributed by atoms with E-state index in [9.17, 15) is 0 Å². The maximum absolute atomic E-state index is 5.27. The van der Waals surface area contributed by atoms with E-state index in [1.54, 1.807) is 18.0 Å². The van der Waals surface area contributed by atoms with E-state index in [2.05, 4.69) is 33.0 Å². The first-order valence-corrected chi connectivity index (χ1v) is 10.1. The Labute approximate surface area is 164 Å². The number of benzene rings is 1. The fourth-order valence-corrected chi connectivity index (χ4v) is 4.47. The topological polar surface area (TPSA) is 58.8 Å². The van der Waals surface area contributed by atoms with Crippen LogP contribution in [0.3, 0.4) is 0 Å². The number of fused-ring (bicyclic) bond motifs is 1. The molecule has 146 valence electrons. The van der Waals surface area contributed by atoms with Crippen molar-refractivity contribution in [2.24, 2.45) is 0 Å². The second-order valence-corrected chi connectivity index (χ2v) is 7.88. The van der Waals surface area contributed by atoms with Crippen LogP contribution in [-0.2, 0) is 0 Å². The number of nitrogens with zero attached hydrogens (tertiary/aromatic N) is 6. The van der Waals surface area contributed by atoms with Crippen LogP contribution in [0.15, 0.2) is 36.7 Å². The van der Waals surface area contributed by atoms with Gasteiger partial charge in [0.15, 0.2) is 0 Å². The molecule has 0 amide bonds. The van der Waals surface area contributed by atoms with Crippen molar-refractivity contribution in [2.75, 3.05) is 31.6 Å². The molecule has 7 nitrogen and oxygen atoms in total. The molecular formula is C21H26N6O. The lowest BCUT2D eigenvalue weighted by atomic mass is 9.97. The van der Waals surface area contributed by atoms with Crippen molar-refractivity contribution in [1.82, 2.24) is 24.7 Å². The summed E-state index contributed by atoms with van der Waals surface area (Å²) < 4.78 is 7.05. The number of likely N-dealkylation sites (tertiary alicyclic amines) is 1. The normalized spacial score (nSPS) is 21.1. The number of aromatic nitrogens is 4. The Kier molecular flexibility index (Phi) is 4.39. The minimum atomic E-state index is 0.635. The van der Waals surface area contributed by atoms with Gasteiger partial charge in [-0.1, -0.05) is 6.42 Å². The van der Waals surface area contributed by atoms with Gasteiger partial charge in [0, 0.05) is 30.7 Å². The zero-order valence-corrected chi connectivity index (χ0v) is 16.5. The predicted octanol–water partition coefficient (Wildman–Crippen LogP) is 2.86. The SMILES string of the molecule is COc1ccc(-c2cc(N3CC(N4CCCCC4C)C3)c3nncn3n2)cc1. The van der Waals surface area contributed by atoms with Gasteiger partial charge in [0.1, 0.15) is 12.1 Å². The molecule has 0 radical (unpaired) electrons. The minimum Gasteiger partial charge on any atom is -0.497 e. The van der Waals surface area contributed by atoms with Crippen molar-refractivity contribution in [3.63, 3.8) is 0 Å². The Bertz CT molecular complexity index is 963. The van der Waals surface area contributed by atoms with E-state index >= 15 is 0 Å². The molecule has 2 aliphatic rings. The number of hydrogen-bond donors (Lipinski definition) is 0. The monoisotopic (exact) mass is 378 g/mol. The Morgan fingerprint density at radius 2 is 1.93 bits per heavy atom. The van der Waals surface area contributed by atoms with E-state index in [4.69, 9.17) is 9.84 Å². The summed E-state index contributed by atoms with van der Waals surface area (Å²) in [7, 11) is 1.68. The first-order valence-electron chi connectivity index (χ1n) is 10.1. The van der Waals surface area contributed by atoms with E-state index in [1.165, 1.54) is 25.8 Å². The van der Waals surface area contributed by atoms with Crippen LogP contribution in [0, 0.1) is 0 Å². The first kappa shape index (κ1) is 17.4. The number of methoxy groups -OCH3 is 1. The van der Waals surface area contributed by atoms with E-state index in [0.717, 1.165) is 41.4 Å². The van der Waals surface area contributed by atoms with Crippen molar-refractivity contribution in [1.29, 1.82) is 0 Å². The minimum absolute atomic E-state index is 0.635. The van der Waals surface area contributed by atoms with Gasteiger partial charge >= 0.3 is 0 Å². The molecule has 0 saturated carbocycles. The molecular weight excluding hydrogens is 352 g/mol. The van der Waals surface area contributed by atoms with E-state index in [-0.39, 0.29) is 0 Å². The van der Waals surface area contributed by atoms with Crippen LogP contribution < -0.4 is 9.64 Å². The zero-order valence-electron chi connectivity index (χ0n) is 16.5. The maximum atomic E-state index is 5.27. The fourth-order valence-electron chi connectivity index (χ4n) is 4.47. The van der Waals surface area contributed by atoms with Gasteiger partial charge in [0.05, 0.1) is 18.5 Å². The molecule has 2 aliphatic heterocycles. The van der Waals surface area contributed by atoms with Gasteiger partial charge in [-0.05, 0) is 56.6 Å². The molecule has 1 unspecified atom stereocenters. The molecule has 1 atom stereocenters. The molecule has 2 fully saturated rings. The van der Waals surface area contributed by atoms with Gasteiger partial charge in [0.2, 0.25) is 5.65 Å². The lowest BCUT2D eigenvalue weighted by Gasteiger charge is -2.50. The average molecular weight is 378 g/mol. The summed E-state index contributed by atoms with van der Waals surface area (Å²) in [6, 6.07) is 11.5. The largest absolute Gasteiger partial charge is 0.497 e. The summed E-state index contributed by atoms with van der Waals surface area (Å²) in [4.78, 5) is 5.09. The molecule has 1 aromatic carbocycles. The van der Waals surface area contributed by atoms with E-state index in [1.807, 2.05) is 24.3 Å². The highest BCUT2D eigenvalue weighted by Crippen LogP contribution is 2.32. The maximum Gasteiger partial charge on any atom is 0.200 e. The number of ether oxygens (including phenoxy) is 1. The third-order valence-corrected chi connectivity index (χ3v) is 6.16. The molecule has 2 aromatic heterocycles. The average Bonchev–Trinajstić information content (AvgIpc) is 3.17. The fraction of sp³-hybridized carbons (Fsp3) is 0.476. The van der Waals surface area contributed by atoms with Crippen LogP contribution in [0.1, 0.15) is 26.2 Å². The number of rotatable bonds is 4. The summed E-state index contributed by atoms with van der Waals surface area (Å²) >= 11 is 0. The summed E-state index contributed by atoms with van der Waals surface area (Å²) in [5.41, 5.74) is 3.90. The predicted molar refractivity (Wildman–Crippen MR) is 109 cm³/mol. The standard InChI is InChI=1S/C21H26N6O/c1-15-5-3-4-10-26(15)17-12-25(13-17)20-11-19(24-27-14-22-23-21(20)27)16-6-8-18(28-2)9-7-16/h6-9,11,14-15,17H,3-5,10,12-13H2,1-2H3. The van der Waals surface area contributed by atoms with Gasteiger partial charge in [-0.2, -0.15) is 9.61 Å². The van der Waals surface area contributed by atoms with Crippen molar-refractivity contribution in [3.05, 3.63) is 36.7 Å². The van der Waals surface area contributed by atoms with Gasteiger partial charge in [-0.25, -0.2) is 0 Å². The highest BCUT2D eigenvalue weighted by molar-refractivity contribution is 5.75. The van der Waals surface area contributed by atoms with Crippen LogP contribution in [0.25, 0.3) is 16.9 Å². The molecule has 3 aromatic rings. The smallest absolute Gasteiger partial charge is 0.200 e. The lowest BCUT2D eigenvalue weighted by molar-refractivity contribution is 0.0876. The van der Waals surface area contributed by atoms with E-state index < -0.39 is 0 Å². The van der Waals surface area contributed by atoms with Crippen LogP contribution in [0.5, 0.6) is 5.75 Å². The van der Waals surface area contributed by atoms with Gasteiger partial charge in [-0.3, -0.25) is 4.90 Å². The number of anilines is 1. The third kappa shape index (κ3) is 2.99. The molecule has 7 heteroatoms. The van der Waals surface area contributed by atoms with Crippen LogP contribution in [-0.4, -0.2) is 63.5 Å². The Balaban J connectivity index is 1.42. The molecule has 0 aliphatic carbocycles. The van der Waals surface area contributed by atoms with Crippen molar-refractivity contribution in [2.45, 2.75) is 38.3 Å². The molecule has 28 heavy (non-hydrogen) atoms. The van der Waals surface area contributed by atoms with Gasteiger partial charge < -0.3 is 9.64 Å². The summed E-state index contributed by atoms with van der Waals surface area (Å²) in [6.45, 7) is 5.68. The molecule has 2 saturated heterocycles. The van der Waals surface area contributed by atoms with Crippen molar-refractivity contribution >= 4 is 11.3 Å². The summed E-state index contributed by atoms with van der Waals surface area (Å²) in [5, 5.41) is 13.1. The number of hydrogen-bond acceptors (Lipinski definition) is 6. The Morgan fingerprint density at radius 1 is 1.11 bits per heavy atom. The lowest BCUT2D eigenvalue weighted by Crippen LogP contribution is -2.62. The number of piperidine rings is 1. The zero-order chi connectivity index (χ0) is 19.1. The third-order valence-electron chi connectivity index (χ3n) is 6.16. The summed E-state index contributed by atoms with van der Waals surface area (Å²) in [5.74, 6) is 0.843. The quantitative estimate of drug-likeness (QED) is 0.696. The van der Waals surface area contributed by atoms with Crippen LogP contribution in [0.4, 0.5) is 5.69 Å².